The highest BCUT2D eigenvalue weighted by Crippen LogP contribution is 2.31. The first kappa shape index (κ1) is 14.8. The molecule has 1 saturated heterocycles. The third-order valence-electron chi connectivity index (χ3n) is 4.28. The first-order valence-corrected chi connectivity index (χ1v) is 9.23. The van der Waals surface area contributed by atoms with Gasteiger partial charge in [-0.15, -0.1) is 0 Å². The summed E-state index contributed by atoms with van der Waals surface area (Å²) >= 11 is 0. The zero-order chi connectivity index (χ0) is 14.9. The average Bonchev–Trinajstić information content (AvgIpc) is 3.15. The van der Waals surface area contributed by atoms with Crippen molar-refractivity contribution < 1.29 is 8.42 Å². The quantitative estimate of drug-likeness (QED) is 0.774. The summed E-state index contributed by atoms with van der Waals surface area (Å²) < 4.78 is 27.0. The van der Waals surface area contributed by atoms with Gasteiger partial charge in [-0.25, -0.2) is 13.1 Å². The number of nitrogens with one attached hydrogen (secondary N) is 1. The van der Waals surface area contributed by atoms with E-state index in [1.807, 2.05) is 0 Å². The van der Waals surface area contributed by atoms with Crippen molar-refractivity contribution in [2.24, 2.45) is 5.92 Å². The van der Waals surface area contributed by atoms with Crippen LogP contribution in [-0.4, -0.2) is 39.0 Å². The van der Waals surface area contributed by atoms with E-state index >= 15 is 0 Å². The number of sulfonamides is 1. The number of nitrogens with zero attached hydrogens (tertiary/aromatic N) is 1. The Hall–Kier alpha value is -1.11. The van der Waals surface area contributed by atoms with Crippen molar-refractivity contribution in [2.45, 2.75) is 31.1 Å². The molecule has 2 fully saturated rings. The van der Waals surface area contributed by atoms with E-state index in [9.17, 15) is 8.42 Å². The highest BCUT2D eigenvalue weighted by molar-refractivity contribution is 7.88. The topological polar surface area (TPSA) is 75.4 Å². The molecule has 1 aliphatic carbocycles. The standard InChI is InChI=1S/C15H23N3O2S/c16-14-3-1-2-12(8-14)11-21(19,20)17-9-13-6-7-18(10-13)15-4-5-15/h1-3,8,13,15,17H,4-7,9-11,16H2. The smallest absolute Gasteiger partial charge is 0.215 e. The largest absolute Gasteiger partial charge is 0.399 e. The van der Waals surface area contributed by atoms with Crippen LogP contribution in [0.1, 0.15) is 24.8 Å². The fraction of sp³-hybridized carbons (Fsp3) is 0.600. The Morgan fingerprint density at radius 1 is 1.29 bits per heavy atom. The zero-order valence-electron chi connectivity index (χ0n) is 12.2. The average molecular weight is 309 g/mol. The van der Waals surface area contributed by atoms with Crippen LogP contribution in [0.3, 0.4) is 0 Å². The number of hydrogen-bond donors (Lipinski definition) is 2. The van der Waals surface area contributed by atoms with Gasteiger partial charge in [0.05, 0.1) is 5.75 Å². The molecule has 1 unspecified atom stereocenters. The van der Waals surface area contributed by atoms with Gasteiger partial charge in [-0.2, -0.15) is 0 Å². The molecule has 3 rings (SSSR count). The Balaban J connectivity index is 1.49. The van der Waals surface area contributed by atoms with Crippen LogP contribution < -0.4 is 10.5 Å². The Morgan fingerprint density at radius 2 is 2.10 bits per heavy atom. The summed E-state index contributed by atoms with van der Waals surface area (Å²) in [6, 6.07) is 7.82. The normalized spacial score (nSPS) is 23.5. The fourth-order valence-electron chi connectivity index (χ4n) is 3.00. The van der Waals surface area contributed by atoms with Crippen molar-refractivity contribution in [1.82, 2.24) is 9.62 Å². The molecule has 116 valence electrons. The van der Waals surface area contributed by atoms with E-state index in [0.717, 1.165) is 31.1 Å². The van der Waals surface area contributed by atoms with Crippen molar-refractivity contribution in [3.8, 4) is 0 Å². The number of likely N-dealkylation sites (tertiary alicyclic amines) is 1. The molecule has 0 aromatic heterocycles. The Morgan fingerprint density at radius 3 is 2.81 bits per heavy atom. The summed E-state index contributed by atoms with van der Waals surface area (Å²) in [5, 5.41) is 0. The second-order valence-corrected chi connectivity index (χ2v) is 8.04. The predicted octanol–water partition coefficient (Wildman–Crippen LogP) is 1.17. The summed E-state index contributed by atoms with van der Waals surface area (Å²) in [5.41, 5.74) is 7.01. The monoisotopic (exact) mass is 309 g/mol. The van der Waals surface area contributed by atoms with Gasteiger partial charge in [0.25, 0.3) is 0 Å². The van der Waals surface area contributed by atoms with E-state index in [0.29, 0.717) is 18.2 Å². The highest BCUT2D eigenvalue weighted by atomic mass is 32.2. The summed E-state index contributed by atoms with van der Waals surface area (Å²) in [5.74, 6) is 0.443. The summed E-state index contributed by atoms with van der Waals surface area (Å²) in [6.07, 6.45) is 3.72. The lowest BCUT2D eigenvalue weighted by molar-refractivity contribution is 0.314. The molecule has 1 atom stereocenters. The second kappa shape index (κ2) is 5.94. The minimum atomic E-state index is -3.29. The lowest BCUT2D eigenvalue weighted by atomic mass is 10.1. The van der Waals surface area contributed by atoms with Gasteiger partial charge in [-0.05, 0) is 49.4 Å². The SMILES string of the molecule is Nc1cccc(CS(=O)(=O)NCC2CCN(C3CC3)C2)c1. The van der Waals surface area contributed by atoms with Crippen LogP contribution in [0.15, 0.2) is 24.3 Å². The lowest BCUT2D eigenvalue weighted by Crippen LogP contribution is -2.32. The van der Waals surface area contributed by atoms with Gasteiger partial charge in [0.2, 0.25) is 10.0 Å². The maximum atomic E-state index is 12.1. The number of nitrogen functional groups attached to an aromatic ring is 1. The van der Waals surface area contributed by atoms with Crippen LogP contribution in [0.5, 0.6) is 0 Å². The summed E-state index contributed by atoms with van der Waals surface area (Å²) in [4.78, 5) is 2.50. The van der Waals surface area contributed by atoms with Gasteiger partial charge in [0, 0.05) is 24.8 Å². The number of rotatable bonds is 6. The van der Waals surface area contributed by atoms with Gasteiger partial charge in [0.15, 0.2) is 0 Å². The third kappa shape index (κ3) is 4.18. The van der Waals surface area contributed by atoms with E-state index < -0.39 is 10.0 Å². The number of nitrogens with two attached hydrogens (primary N) is 1. The molecule has 0 bridgehead atoms. The molecule has 1 heterocycles. The van der Waals surface area contributed by atoms with E-state index in [2.05, 4.69) is 9.62 Å². The highest BCUT2D eigenvalue weighted by Gasteiger charge is 2.34. The Kier molecular flexibility index (Phi) is 4.19. The van der Waals surface area contributed by atoms with E-state index in [1.54, 1.807) is 24.3 Å². The molecule has 6 heteroatoms. The van der Waals surface area contributed by atoms with E-state index in [4.69, 9.17) is 5.73 Å². The van der Waals surface area contributed by atoms with Gasteiger partial charge in [-0.1, -0.05) is 12.1 Å². The fourth-order valence-corrected chi connectivity index (χ4v) is 4.21. The van der Waals surface area contributed by atoms with Crippen LogP contribution in [0.2, 0.25) is 0 Å². The van der Waals surface area contributed by atoms with Crippen molar-refractivity contribution in [2.75, 3.05) is 25.4 Å². The van der Waals surface area contributed by atoms with Crippen molar-refractivity contribution in [3.63, 3.8) is 0 Å². The van der Waals surface area contributed by atoms with Crippen LogP contribution in [0, 0.1) is 5.92 Å². The minimum Gasteiger partial charge on any atom is -0.399 e. The molecule has 2 aliphatic rings. The van der Waals surface area contributed by atoms with Gasteiger partial charge >= 0.3 is 0 Å². The molecular formula is C15H23N3O2S. The van der Waals surface area contributed by atoms with Crippen molar-refractivity contribution in [3.05, 3.63) is 29.8 Å². The van der Waals surface area contributed by atoms with Crippen LogP contribution in [0.25, 0.3) is 0 Å². The van der Waals surface area contributed by atoms with E-state index in [1.165, 1.54) is 12.8 Å². The number of anilines is 1. The second-order valence-electron chi connectivity index (χ2n) is 6.23. The first-order valence-electron chi connectivity index (χ1n) is 7.58. The Bertz CT molecular complexity index is 599. The van der Waals surface area contributed by atoms with Gasteiger partial charge in [-0.3, -0.25) is 0 Å². The van der Waals surface area contributed by atoms with Gasteiger partial charge in [0.1, 0.15) is 0 Å². The molecule has 5 nitrogen and oxygen atoms in total. The van der Waals surface area contributed by atoms with Crippen LogP contribution in [0.4, 0.5) is 5.69 Å². The van der Waals surface area contributed by atoms with Gasteiger partial charge < -0.3 is 10.6 Å². The number of hydrogen-bond acceptors (Lipinski definition) is 4. The van der Waals surface area contributed by atoms with Crippen molar-refractivity contribution in [1.29, 1.82) is 0 Å². The minimum absolute atomic E-state index is 0.00288. The lowest BCUT2D eigenvalue weighted by Gasteiger charge is -2.15. The first-order chi connectivity index (χ1) is 10.0. The molecule has 1 aliphatic heterocycles. The molecule has 0 amide bonds. The summed E-state index contributed by atoms with van der Waals surface area (Å²) in [6.45, 7) is 2.70. The van der Waals surface area contributed by atoms with Crippen molar-refractivity contribution >= 4 is 15.7 Å². The molecule has 21 heavy (non-hydrogen) atoms. The van der Waals surface area contributed by atoms with Crippen LogP contribution in [-0.2, 0) is 15.8 Å². The molecule has 0 radical (unpaired) electrons. The van der Waals surface area contributed by atoms with E-state index in [-0.39, 0.29) is 5.75 Å². The molecular weight excluding hydrogens is 286 g/mol. The van der Waals surface area contributed by atoms with Crippen LogP contribution >= 0.6 is 0 Å². The Labute approximate surface area is 126 Å². The zero-order valence-corrected chi connectivity index (χ0v) is 13.0. The maximum absolute atomic E-state index is 12.1. The molecule has 1 aromatic carbocycles. The molecule has 1 aromatic rings. The molecule has 3 N–H and O–H groups in total. The molecule has 1 saturated carbocycles. The molecule has 0 spiro atoms. The number of benzene rings is 1. The summed E-state index contributed by atoms with van der Waals surface area (Å²) in [7, 11) is -3.29. The maximum Gasteiger partial charge on any atom is 0.215 e. The predicted molar refractivity (Wildman–Crippen MR) is 84.2 cm³/mol. The third-order valence-corrected chi connectivity index (χ3v) is 5.60.